The number of ether oxygens (including phenoxy) is 1. The van der Waals surface area contributed by atoms with Crippen molar-refractivity contribution in [2.75, 3.05) is 7.11 Å². The average Bonchev–Trinajstić information content (AvgIpc) is 2.29. The van der Waals surface area contributed by atoms with Crippen LogP contribution >= 0.6 is 15.9 Å². The number of carbonyl (C=O) groups is 1. The number of carbonyl (C=O) groups excluding carboxylic acids is 1. The molecule has 1 aliphatic carbocycles. The molecule has 0 spiro atoms. The van der Waals surface area contributed by atoms with Crippen LogP contribution in [0, 0.1) is 0 Å². The van der Waals surface area contributed by atoms with Crippen molar-refractivity contribution in [2.45, 2.75) is 19.3 Å². The van der Waals surface area contributed by atoms with Crippen molar-refractivity contribution in [3.63, 3.8) is 0 Å². The highest BCUT2D eigenvalue weighted by Gasteiger charge is 2.15. The lowest BCUT2D eigenvalue weighted by atomic mass is 9.89. The quantitative estimate of drug-likeness (QED) is 0.777. The predicted molar refractivity (Wildman–Crippen MR) is 67.1 cm³/mol. The normalized spacial score (nSPS) is 14.0. The minimum atomic E-state index is -0.181. The summed E-state index contributed by atoms with van der Waals surface area (Å²) in [6.07, 6.45) is 4.54. The van der Waals surface area contributed by atoms with Gasteiger partial charge in [0, 0.05) is 4.47 Å². The summed E-state index contributed by atoms with van der Waals surface area (Å²) >= 11 is 3.46. The molecule has 0 aliphatic heterocycles. The van der Waals surface area contributed by atoms with Crippen molar-refractivity contribution in [1.29, 1.82) is 0 Å². The topological polar surface area (TPSA) is 26.3 Å². The highest BCUT2D eigenvalue weighted by molar-refractivity contribution is 9.10. The van der Waals surface area contributed by atoms with Gasteiger partial charge in [-0.15, -0.1) is 0 Å². The minimum absolute atomic E-state index is 0.181. The molecule has 16 heavy (non-hydrogen) atoms. The molecule has 0 atom stereocenters. The summed E-state index contributed by atoms with van der Waals surface area (Å²) in [5.41, 5.74) is 3.56. The van der Waals surface area contributed by atoms with Crippen LogP contribution in [0.4, 0.5) is 0 Å². The minimum Gasteiger partial charge on any atom is -0.469 e. The van der Waals surface area contributed by atoms with Gasteiger partial charge in [-0.3, -0.25) is 4.79 Å². The Morgan fingerprint density at radius 2 is 2.31 bits per heavy atom. The van der Waals surface area contributed by atoms with E-state index >= 15 is 0 Å². The van der Waals surface area contributed by atoms with E-state index in [0.29, 0.717) is 6.42 Å². The lowest BCUT2D eigenvalue weighted by molar-refractivity contribution is -0.139. The van der Waals surface area contributed by atoms with Crippen LogP contribution in [-0.2, 0) is 16.0 Å². The van der Waals surface area contributed by atoms with Gasteiger partial charge in [0.25, 0.3) is 0 Å². The van der Waals surface area contributed by atoms with E-state index in [-0.39, 0.29) is 5.97 Å². The van der Waals surface area contributed by atoms with Gasteiger partial charge >= 0.3 is 5.97 Å². The molecule has 0 N–H and O–H groups in total. The van der Waals surface area contributed by atoms with E-state index in [9.17, 15) is 4.79 Å². The maximum atomic E-state index is 11.3. The van der Waals surface area contributed by atoms with Gasteiger partial charge in [0.2, 0.25) is 0 Å². The average molecular weight is 281 g/mol. The van der Waals surface area contributed by atoms with E-state index in [2.05, 4.69) is 34.1 Å². The second-order valence-corrected chi connectivity index (χ2v) is 4.74. The molecule has 3 heteroatoms. The van der Waals surface area contributed by atoms with Gasteiger partial charge in [0.05, 0.1) is 13.5 Å². The van der Waals surface area contributed by atoms with Crippen LogP contribution in [-0.4, -0.2) is 13.1 Å². The zero-order valence-electron chi connectivity index (χ0n) is 9.13. The van der Waals surface area contributed by atoms with Crippen molar-refractivity contribution in [3.05, 3.63) is 39.9 Å². The monoisotopic (exact) mass is 280 g/mol. The molecule has 0 unspecified atom stereocenters. The van der Waals surface area contributed by atoms with Crippen LogP contribution in [0.5, 0.6) is 0 Å². The molecule has 0 heterocycles. The van der Waals surface area contributed by atoms with Crippen LogP contribution in [0.15, 0.2) is 28.7 Å². The van der Waals surface area contributed by atoms with E-state index in [0.717, 1.165) is 22.9 Å². The van der Waals surface area contributed by atoms with E-state index in [4.69, 9.17) is 4.74 Å². The van der Waals surface area contributed by atoms with Crippen LogP contribution < -0.4 is 0 Å². The molecule has 0 radical (unpaired) electrons. The molecule has 0 amide bonds. The first kappa shape index (κ1) is 11.4. The fraction of sp³-hybridized carbons (Fsp3) is 0.308. The number of methoxy groups -OCH3 is 1. The van der Waals surface area contributed by atoms with Gasteiger partial charge < -0.3 is 4.74 Å². The lowest BCUT2D eigenvalue weighted by Gasteiger charge is -2.17. The van der Waals surface area contributed by atoms with Gasteiger partial charge in [-0.2, -0.15) is 0 Å². The molecular weight excluding hydrogens is 268 g/mol. The molecule has 2 rings (SSSR count). The van der Waals surface area contributed by atoms with Crippen molar-refractivity contribution < 1.29 is 9.53 Å². The molecule has 2 nitrogen and oxygen atoms in total. The number of esters is 1. The Morgan fingerprint density at radius 3 is 3.06 bits per heavy atom. The lowest BCUT2D eigenvalue weighted by Crippen LogP contribution is -2.06. The Bertz CT molecular complexity index is 449. The van der Waals surface area contributed by atoms with Gasteiger partial charge in [-0.25, -0.2) is 0 Å². The highest BCUT2D eigenvalue weighted by Crippen LogP contribution is 2.31. The molecule has 0 fully saturated rings. The third-order valence-corrected chi connectivity index (χ3v) is 3.28. The number of rotatable bonds is 2. The summed E-state index contributed by atoms with van der Waals surface area (Å²) in [7, 11) is 1.42. The molecule has 1 aliphatic rings. The second-order valence-electron chi connectivity index (χ2n) is 3.82. The summed E-state index contributed by atoms with van der Waals surface area (Å²) < 4.78 is 5.75. The first-order valence-corrected chi connectivity index (χ1v) is 6.04. The smallest absolute Gasteiger partial charge is 0.309 e. The summed E-state index contributed by atoms with van der Waals surface area (Å²) in [6, 6.07) is 6.23. The highest BCUT2D eigenvalue weighted by atomic mass is 79.9. The largest absolute Gasteiger partial charge is 0.469 e. The van der Waals surface area contributed by atoms with E-state index in [1.54, 1.807) is 0 Å². The zero-order chi connectivity index (χ0) is 11.5. The Hall–Kier alpha value is -1.09. The SMILES string of the molecule is COC(=O)CC1=CCCc2ccc(Br)cc21. The van der Waals surface area contributed by atoms with Crippen molar-refractivity contribution in [3.8, 4) is 0 Å². The fourth-order valence-electron chi connectivity index (χ4n) is 1.97. The molecule has 0 bridgehead atoms. The van der Waals surface area contributed by atoms with Crippen molar-refractivity contribution in [1.82, 2.24) is 0 Å². The summed E-state index contributed by atoms with van der Waals surface area (Å²) in [4.78, 5) is 11.3. The Morgan fingerprint density at radius 1 is 1.50 bits per heavy atom. The number of aryl methyl sites for hydroxylation is 1. The molecular formula is C13H13BrO2. The number of hydrogen-bond acceptors (Lipinski definition) is 2. The maximum absolute atomic E-state index is 11.3. The summed E-state index contributed by atoms with van der Waals surface area (Å²) in [6.45, 7) is 0. The van der Waals surface area contributed by atoms with E-state index < -0.39 is 0 Å². The van der Waals surface area contributed by atoms with Crippen LogP contribution in [0.25, 0.3) is 5.57 Å². The second kappa shape index (κ2) is 4.83. The molecule has 0 saturated carbocycles. The molecule has 0 aromatic heterocycles. The van der Waals surface area contributed by atoms with Crippen LogP contribution in [0.1, 0.15) is 24.0 Å². The zero-order valence-corrected chi connectivity index (χ0v) is 10.7. The van der Waals surface area contributed by atoms with Gasteiger partial charge in [-0.1, -0.05) is 28.1 Å². The third-order valence-electron chi connectivity index (χ3n) is 2.78. The van der Waals surface area contributed by atoms with Crippen LogP contribution in [0.3, 0.4) is 0 Å². The van der Waals surface area contributed by atoms with Crippen molar-refractivity contribution in [2.24, 2.45) is 0 Å². The third kappa shape index (κ3) is 2.35. The standard InChI is InChI=1S/C13H13BrO2/c1-16-13(15)7-10-4-2-3-9-5-6-11(14)8-12(9)10/h4-6,8H,2-3,7H2,1H3. The molecule has 0 saturated heterocycles. The fourth-order valence-corrected chi connectivity index (χ4v) is 2.33. The number of fused-ring (bicyclic) bond motifs is 1. The number of allylic oxidation sites excluding steroid dienone is 1. The van der Waals surface area contributed by atoms with Gasteiger partial charge in [0.15, 0.2) is 0 Å². The Balaban J connectivity index is 2.32. The molecule has 84 valence electrons. The summed E-state index contributed by atoms with van der Waals surface area (Å²) in [5, 5.41) is 0. The number of hydrogen-bond donors (Lipinski definition) is 0. The summed E-state index contributed by atoms with van der Waals surface area (Å²) in [5.74, 6) is -0.181. The number of benzene rings is 1. The van der Waals surface area contributed by atoms with Crippen molar-refractivity contribution >= 4 is 27.5 Å². The first-order chi connectivity index (χ1) is 7.70. The maximum Gasteiger partial charge on any atom is 0.309 e. The van der Waals surface area contributed by atoms with E-state index in [1.807, 2.05) is 6.07 Å². The van der Waals surface area contributed by atoms with Crippen LogP contribution in [0.2, 0.25) is 0 Å². The predicted octanol–water partition coefficient (Wildman–Crippen LogP) is 3.34. The van der Waals surface area contributed by atoms with Gasteiger partial charge in [-0.05, 0) is 41.7 Å². The van der Waals surface area contributed by atoms with E-state index in [1.165, 1.54) is 18.2 Å². The first-order valence-electron chi connectivity index (χ1n) is 5.25. The Labute approximate surface area is 103 Å². The Kier molecular flexibility index (Phi) is 3.44. The molecule has 1 aromatic rings. The molecule has 1 aromatic carbocycles. The number of halogens is 1. The van der Waals surface area contributed by atoms with Gasteiger partial charge in [0.1, 0.15) is 0 Å².